The maximum atomic E-state index is 13.5. The molecule has 0 unspecified atom stereocenters. The van der Waals surface area contributed by atoms with E-state index in [9.17, 15) is 14.0 Å². The van der Waals surface area contributed by atoms with Crippen LogP contribution in [0.5, 0.6) is 0 Å². The Balaban J connectivity index is 1.51. The summed E-state index contributed by atoms with van der Waals surface area (Å²) in [5.41, 5.74) is 3.24. The molecule has 6 nitrogen and oxygen atoms in total. The van der Waals surface area contributed by atoms with Crippen LogP contribution < -0.4 is 11.0 Å². The number of hydrogen-bond acceptors (Lipinski definition) is 5. The van der Waals surface area contributed by atoms with Crippen molar-refractivity contribution in [3.63, 3.8) is 0 Å². The zero-order valence-electron chi connectivity index (χ0n) is 15.1. The van der Waals surface area contributed by atoms with Crippen LogP contribution in [0.4, 0.5) is 4.39 Å². The molecule has 0 radical (unpaired) electrons. The van der Waals surface area contributed by atoms with Crippen molar-refractivity contribution in [3.05, 3.63) is 88.7 Å². The molecule has 0 aliphatic carbocycles. The number of aromatic nitrogens is 2. The first-order valence-electron chi connectivity index (χ1n) is 8.72. The van der Waals surface area contributed by atoms with E-state index >= 15 is 0 Å². The van der Waals surface area contributed by atoms with Crippen LogP contribution in [-0.4, -0.2) is 21.7 Å². The van der Waals surface area contributed by atoms with E-state index in [-0.39, 0.29) is 17.7 Å². The lowest BCUT2D eigenvalue weighted by atomic mass is 10.2. The average molecular weight is 406 g/mol. The highest BCUT2D eigenvalue weighted by atomic mass is 32.1. The molecule has 2 aromatic carbocycles. The Morgan fingerprint density at radius 1 is 1.17 bits per heavy atom. The molecule has 1 N–H and O–H groups in total. The number of carbonyl (C=O) groups excluding carboxylic acids is 1. The quantitative estimate of drug-likeness (QED) is 0.408. The smallest absolute Gasteiger partial charge is 0.262 e. The summed E-state index contributed by atoms with van der Waals surface area (Å²) < 4.78 is 14.8. The summed E-state index contributed by atoms with van der Waals surface area (Å²) in [6.07, 6.45) is 2.55. The summed E-state index contributed by atoms with van der Waals surface area (Å²) in [7, 11) is 0. The number of rotatable bonds is 5. The second-order valence-corrected chi connectivity index (χ2v) is 7.22. The Bertz CT molecular complexity index is 1260. The normalized spacial score (nSPS) is 11.2. The van der Waals surface area contributed by atoms with Gasteiger partial charge in [-0.1, -0.05) is 48.5 Å². The molecule has 0 bridgehead atoms. The number of amides is 1. The summed E-state index contributed by atoms with van der Waals surface area (Å²) in [5, 5.41) is 4.19. The molecule has 0 fully saturated rings. The van der Waals surface area contributed by atoms with Gasteiger partial charge in [0.05, 0.1) is 17.9 Å². The number of thiophene rings is 1. The van der Waals surface area contributed by atoms with Crippen molar-refractivity contribution in [2.24, 2.45) is 5.10 Å². The standard InChI is InChI=1S/C21H15FN4O2S/c22-17-9-5-4-8-15(17)11-24-25-19(27)12-26-13-23-20-16(21(26)28)10-18(29-20)14-6-2-1-3-7-14/h1-11,13H,12H2,(H,25,27). The van der Waals surface area contributed by atoms with Gasteiger partial charge in [-0.05, 0) is 17.7 Å². The third kappa shape index (κ3) is 4.12. The van der Waals surface area contributed by atoms with Crippen LogP contribution in [0.2, 0.25) is 0 Å². The van der Waals surface area contributed by atoms with Crippen molar-refractivity contribution in [2.75, 3.05) is 0 Å². The Morgan fingerprint density at radius 3 is 2.72 bits per heavy atom. The fraction of sp³-hybridized carbons (Fsp3) is 0.0476. The number of carbonyl (C=O) groups is 1. The summed E-state index contributed by atoms with van der Waals surface area (Å²) in [4.78, 5) is 30.6. The summed E-state index contributed by atoms with van der Waals surface area (Å²) in [5.74, 6) is -0.956. The predicted molar refractivity (Wildman–Crippen MR) is 111 cm³/mol. The molecule has 0 aliphatic heterocycles. The predicted octanol–water partition coefficient (Wildman–Crippen LogP) is 3.41. The van der Waals surface area contributed by atoms with Crippen molar-refractivity contribution >= 4 is 33.7 Å². The summed E-state index contributed by atoms with van der Waals surface area (Å²) >= 11 is 1.42. The number of hydrazone groups is 1. The van der Waals surface area contributed by atoms with Gasteiger partial charge in [-0.2, -0.15) is 5.10 Å². The molecule has 1 amide bonds. The second kappa shape index (κ2) is 8.15. The monoisotopic (exact) mass is 406 g/mol. The molecule has 144 valence electrons. The minimum Gasteiger partial charge on any atom is -0.289 e. The zero-order valence-corrected chi connectivity index (χ0v) is 15.9. The third-order valence-electron chi connectivity index (χ3n) is 4.19. The topological polar surface area (TPSA) is 76.3 Å². The van der Waals surface area contributed by atoms with Crippen molar-refractivity contribution in [1.82, 2.24) is 15.0 Å². The Labute approximate surface area is 169 Å². The van der Waals surface area contributed by atoms with Gasteiger partial charge in [-0.25, -0.2) is 14.8 Å². The highest BCUT2D eigenvalue weighted by Crippen LogP contribution is 2.30. The Hall–Kier alpha value is -3.65. The minimum atomic E-state index is -0.514. The van der Waals surface area contributed by atoms with Crippen molar-refractivity contribution in [3.8, 4) is 10.4 Å². The number of benzene rings is 2. The van der Waals surface area contributed by atoms with Gasteiger partial charge in [0.25, 0.3) is 11.5 Å². The van der Waals surface area contributed by atoms with Crippen LogP contribution in [0.15, 0.2) is 76.9 Å². The molecule has 0 saturated carbocycles. The van der Waals surface area contributed by atoms with E-state index in [2.05, 4.69) is 15.5 Å². The van der Waals surface area contributed by atoms with Crippen molar-refractivity contribution in [1.29, 1.82) is 0 Å². The van der Waals surface area contributed by atoms with Gasteiger partial charge in [0.2, 0.25) is 0 Å². The van der Waals surface area contributed by atoms with Crippen LogP contribution >= 0.6 is 11.3 Å². The summed E-state index contributed by atoms with van der Waals surface area (Å²) in [6, 6.07) is 17.6. The second-order valence-electron chi connectivity index (χ2n) is 6.19. The molecule has 2 aromatic heterocycles. The molecule has 4 rings (SSSR count). The molecule has 2 heterocycles. The van der Waals surface area contributed by atoms with Gasteiger partial charge in [0.15, 0.2) is 0 Å². The molecule has 0 atom stereocenters. The SMILES string of the molecule is O=C(Cn1cnc2sc(-c3ccccc3)cc2c1=O)NN=Cc1ccccc1F. The van der Waals surface area contributed by atoms with E-state index in [1.165, 1.54) is 40.6 Å². The lowest BCUT2D eigenvalue weighted by Crippen LogP contribution is -2.29. The number of nitrogens with zero attached hydrogens (tertiary/aromatic N) is 3. The number of nitrogens with one attached hydrogen (secondary N) is 1. The lowest BCUT2D eigenvalue weighted by Gasteiger charge is -2.03. The highest BCUT2D eigenvalue weighted by Gasteiger charge is 2.12. The van der Waals surface area contributed by atoms with Gasteiger partial charge >= 0.3 is 0 Å². The van der Waals surface area contributed by atoms with Crippen molar-refractivity contribution in [2.45, 2.75) is 6.54 Å². The van der Waals surface area contributed by atoms with Gasteiger partial charge in [-0.15, -0.1) is 11.3 Å². The molecular formula is C21H15FN4O2S. The van der Waals surface area contributed by atoms with Gasteiger partial charge in [0.1, 0.15) is 17.2 Å². The van der Waals surface area contributed by atoms with E-state index in [4.69, 9.17) is 0 Å². The minimum absolute atomic E-state index is 0.243. The van der Waals surface area contributed by atoms with E-state index in [0.29, 0.717) is 10.2 Å². The lowest BCUT2D eigenvalue weighted by molar-refractivity contribution is -0.121. The fourth-order valence-corrected chi connectivity index (χ4v) is 3.76. The average Bonchev–Trinajstić information content (AvgIpc) is 3.17. The molecule has 8 heteroatoms. The molecule has 0 saturated heterocycles. The zero-order chi connectivity index (χ0) is 20.2. The van der Waals surface area contributed by atoms with E-state index < -0.39 is 11.7 Å². The maximum Gasteiger partial charge on any atom is 0.262 e. The number of hydrogen-bond donors (Lipinski definition) is 1. The van der Waals surface area contributed by atoms with E-state index in [0.717, 1.165) is 10.4 Å². The van der Waals surface area contributed by atoms with E-state index in [1.54, 1.807) is 18.2 Å². The first-order valence-corrected chi connectivity index (χ1v) is 9.54. The molecule has 0 aliphatic rings. The van der Waals surface area contributed by atoms with Crippen molar-refractivity contribution < 1.29 is 9.18 Å². The molecular weight excluding hydrogens is 391 g/mol. The van der Waals surface area contributed by atoms with Crippen LogP contribution in [0.25, 0.3) is 20.7 Å². The Morgan fingerprint density at radius 2 is 1.93 bits per heavy atom. The molecule has 4 aromatic rings. The van der Waals surface area contributed by atoms with Gasteiger partial charge in [0, 0.05) is 10.4 Å². The largest absolute Gasteiger partial charge is 0.289 e. The van der Waals surface area contributed by atoms with E-state index in [1.807, 2.05) is 30.3 Å². The number of halogens is 1. The maximum absolute atomic E-state index is 13.5. The fourth-order valence-electron chi connectivity index (χ4n) is 2.76. The first kappa shape index (κ1) is 18.7. The van der Waals surface area contributed by atoms with Gasteiger partial charge < -0.3 is 0 Å². The van der Waals surface area contributed by atoms with Gasteiger partial charge in [-0.3, -0.25) is 14.2 Å². The Kier molecular flexibility index (Phi) is 5.26. The van der Waals surface area contributed by atoms with Crippen LogP contribution in [0.1, 0.15) is 5.56 Å². The van der Waals surface area contributed by atoms with Crippen LogP contribution in [0.3, 0.4) is 0 Å². The summed E-state index contributed by atoms with van der Waals surface area (Å²) in [6.45, 7) is -0.243. The first-order chi connectivity index (χ1) is 14.1. The third-order valence-corrected chi connectivity index (χ3v) is 5.28. The molecule has 0 spiro atoms. The van der Waals surface area contributed by atoms with Crippen LogP contribution in [-0.2, 0) is 11.3 Å². The molecule has 29 heavy (non-hydrogen) atoms. The van der Waals surface area contributed by atoms with Crippen LogP contribution in [0, 0.1) is 5.82 Å². The highest BCUT2D eigenvalue weighted by molar-refractivity contribution is 7.21. The number of fused-ring (bicyclic) bond motifs is 1.